The van der Waals surface area contributed by atoms with E-state index >= 15 is 0 Å². The number of anilines is 1. The highest BCUT2D eigenvalue weighted by atomic mass is 16.5. The zero-order valence-electron chi connectivity index (χ0n) is 14.6. The van der Waals surface area contributed by atoms with Gasteiger partial charge < -0.3 is 4.74 Å². The lowest BCUT2D eigenvalue weighted by Crippen LogP contribution is -2.43. The molecule has 0 radical (unpaired) electrons. The van der Waals surface area contributed by atoms with Crippen LogP contribution < -0.4 is 4.90 Å². The number of hydrogen-bond donors (Lipinski definition) is 0. The number of amides is 2. The minimum absolute atomic E-state index is 0.156. The third kappa shape index (κ3) is 3.74. The number of hydrogen-bond acceptors (Lipinski definition) is 5. The monoisotopic (exact) mass is 344 g/mol. The number of rotatable bonds is 3. The molecule has 2 heterocycles. The number of methoxy groups -OCH3 is 1. The number of ether oxygens (including phenoxy) is 1. The van der Waals surface area contributed by atoms with E-state index in [0.717, 1.165) is 25.9 Å². The van der Waals surface area contributed by atoms with Crippen LogP contribution in [0.1, 0.15) is 48.9 Å². The molecule has 3 rings (SSSR count). The second-order valence-electron chi connectivity index (χ2n) is 6.63. The number of likely N-dealkylation sites (tertiary alicyclic amines) is 1. The van der Waals surface area contributed by atoms with E-state index < -0.39 is 5.97 Å². The lowest BCUT2D eigenvalue weighted by atomic mass is 10.1. The molecule has 0 N–H and O–H groups in total. The van der Waals surface area contributed by atoms with Gasteiger partial charge in [-0.1, -0.05) is 19.3 Å². The summed E-state index contributed by atoms with van der Waals surface area (Å²) in [5, 5.41) is 0. The Kier molecular flexibility index (Phi) is 5.48. The number of esters is 1. The summed E-state index contributed by atoms with van der Waals surface area (Å²) in [6, 6.07) is 6.04. The van der Waals surface area contributed by atoms with E-state index in [-0.39, 0.29) is 24.3 Å². The predicted octanol–water partition coefficient (Wildman–Crippen LogP) is 2.37. The molecule has 0 unspecified atom stereocenters. The van der Waals surface area contributed by atoms with E-state index in [4.69, 9.17) is 0 Å². The maximum absolute atomic E-state index is 12.9. The molecule has 0 bridgehead atoms. The van der Waals surface area contributed by atoms with Gasteiger partial charge >= 0.3 is 5.97 Å². The van der Waals surface area contributed by atoms with E-state index in [1.54, 1.807) is 24.3 Å². The predicted molar refractivity (Wildman–Crippen MR) is 93.3 cm³/mol. The van der Waals surface area contributed by atoms with Crippen LogP contribution in [0.2, 0.25) is 0 Å². The van der Waals surface area contributed by atoms with E-state index in [0.29, 0.717) is 11.3 Å². The summed E-state index contributed by atoms with van der Waals surface area (Å²) in [6.07, 6.45) is 6.01. The van der Waals surface area contributed by atoms with Gasteiger partial charge in [0, 0.05) is 0 Å². The molecule has 0 saturated carbocycles. The van der Waals surface area contributed by atoms with Crippen molar-refractivity contribution in [1.29, 1.82) is 0 Å². The lowest BCUT2D eigenvalue weighted by Gasteiger charge is -2.28. The van der Waals surface area contributed by atoms with Crippen molar-refractivity contribution >= 4 is 23.5 Å². The third-order valence-corrected chi connectivity index (χ3v) is 5.00. The van der Waals surface area contributed by atoms with Crippen molar-refractivity contribution in [1.82, 2.24) is 4.90 Å². The maximum Gasteiger partial charge on any atom is 0.337 e. The minimum atomic E-state index is -0.441. The quantitative estimate of drug-likeness (QED) is 0.622. The van der Waals surface area contributed by atoms with E-state index in [1.807, 2.05) is 0 Å². The molecular formula is C19H24N2O4. The molecule has 1 aromatic carbocycles. The SMILES string of the molecule is COC(=O)c1ccc(N2C(=O)C[C@@H](N3CCCCCCC3)C2=O)cc1. The highest BCUT2D eigenvalue weighted by Gasteiger charge is 2.42. The minimum Gasteiger partial charge on any atom is -0.465 e. The lowest BCUT2D eigenvalue weighted by molar-refractivity contribution is -0.123. The van der Waals surface area contributed by atoms with Crippen molar-refractivity contribution in [3.63, 3.8) is 0 Å². The van der Waals surface area contributed by atoms with Crippen molar-refractivity contribution in [2.45, 2.75) is 44.6 Å². The standard InChI is InChI=1S/C19H24N2O4/c1-25-19(24)14-7-9-15(10-8-14)21-17(22)13-16(18(21)23)20-11-5-3-2-4-6-12-20/h7-10,16H,2-6,11-13H2,1H3/t16-/m1/s1. The smallest absolute Gasteiger partial charge is 0.337 e. The Labute approximate surface area is 147 Å². The van der Waals surface area contributed by atoms with Gasteiger partial charge in [0.05, 0.1) is 30.8 Å². The zero-order valence-corrected chi connectivity index (χ0v) is 14.6. The second-order valence-corrected chi connectivity index (χ2v) is 6.63. The molecule has 0 spiro atoms. The topological polar surface area (TPSA) is 66.9 Å². The first-order valence-corrected chi connectivity index (χ1v) is 8.91. The Morgan fingerprint density at radius 2 is 1.60 bits per heavy atom. The summed E-state index contributed by atoms with van der Waals surface area (Å²) in [5.74, 6) is -0.775. The molecule has 6 nitrogen and oxygen atoms in total. The molecule has 6 heteroatoms. The summed E-state index contributed by atoms with van der Waals surface area (Å²) in [6.45, 7) is 1.75. The normalized spacial score (nSPS) is 22.6. The second kappa shape index (κ2) is 7.78. The summed E-state index contributed by atoms with van der Waals surface area (Å²) in [5.41, 5.74) is 0.905. The molecule has 25 heavy (non-hydrogen) atoms. The van der Waals surface area contributed by atoms with Crippen LogP contribution in [0.25, 0.3) is 0 Å². The van der Waals surface area contributed by atoms with Gasteiger partial charge in [-0.15, -0.1) is 0 Å². The summed E-state index contributed by atoms with van der Waals surface area (Å²) in [7, 11) is 1.32. The fraction of sp³-hybridized carbons (Fsp3) is 0.526. The van der Waals surface area contributed by atoms with Crippen molar-refractivity contribution in [2.24, 2.45) is 0 Å². The zero-order chi connectivity index (χ0) is 17.8. The summed E-state index contributed by atoms with van der Waals surface area (Å²) in [4.78, 5) is 40.3. The van der Waals surface area contributed by atoms with Crippen molar-refractivity contribution in [2.75, 3.05) is 25.1 Å². The van der Waals surface area contributed by atoms with E-state index in [9.17, 15) is 14.4 Å². The Hall–Kier alpha value is -2.21. The molecule has 2 saturated heterocycles. The van der Waals surface area contributed by atoms with Gasteiger partial charge in [-0.2, -0.15) is 0 Å². The average molecular weight is 344 g/mol. The number of imide groups is 1. The van der Waals surface area contributed by atoms with Crippen molar-refractivity contribution < 1.29 is 19.1 Å². The molecule has 134 valence electrons. The third-order valence-electron chi connectivity index (χ3n) is 5.00. The fourth-order valence-corrected chi connectivity index (χ4v) is 3.62. The molecule has 0 aromatic heterocycles. The van der Waals surface area contributed by atoms with E-state index in [2.05, 4.69) is 9.64 Å². The molecule has 0 aliphatic carbocycles. The number of carbonyl (C=O) groups is 3. The van der Waals surface area contributed by atoms with Crippen LogP contribution in [0.4, 0.5) is 5.69 Å². The largest absolute Gasteiger partial charge is 0.465 e. The Morgan fingerprint density at radius 1 is 1.00 bits per heavy atom. The Bertz CT molecular complexity index is 648. The van der Waals surface area contributed by atoms with Crippen LogP contribution in [-0.2, 0) is 14.3 Å². The van der Waals surface area contributed by atoms with Gasteiger partial charge in [0.15, 0.2) is 0 Å². The van der Waals surface area contributed by atoms with Gasteiger partial charge in [0.1, 0.15) is 0 Å². The van der Waals surface area contributed by atoms with Crippen molar-refractivity contribution in [3.05, 3.63) is 29.8 Å². The van der Waals surface area contributed by atoms with Gasteiger partial charge in [-0.05, 0) is 50.2 Å². The molecule has 2 aliphatic rings. The summed E-state index contributed by atoms with van der Waals surface area (Å²) >= 11 is 0. The molecule has 1 atom stereocenters. The van der Waals surface area contributed by atoms with Gasteiger partial charge in [-0.3, -0.25) is 14.5 Å². The average Bonchev–Trinajstić information content (AvgIpc) is 2.88. The number of benzene rings is 1. The molecule has 2 fully saturated rings. The number of nitrogens with zero attached hydrogens (tertiary/aromatic N) is 2. The molecule has 2 amide bonds. The Morgan fingerprint density at radius 3 is 2.20 bits per heavy atom. The molecule has 1 aromatic rings. The van der Waals surface area contributed by atoms with Crippen LogP contribution in [-0.4, -0.2) is 48.9 Å². The van der Waals surface area contributed by atoms with Crippen molar-refractivity contribution in [3.8, 4) is 0 Å². The first-order valence-electron chi connectivity index (χ1n) is 8.91. The summed E-state index contributed by atoms with van der Waals surface area (Å²) < 4.78 is 4.67. The van der Waals surface area contributed by atoms with Crippen LogP contribution in [0.3, 0.4) is 0 Å². The first kappa shape index (κ1) is 17.6. The van der Waals surface area contributed by atoms with Crippen LogP contribution in [0.5, 0.6) is 0 Å². The van der Waals surface area contributed by atoms with E-state index in [1.165, 1.54) is 31.3 Å². The van der Waals surface area contributed by atoms with Crippen LogP contribution in [0.15, 0.2) is 24.3 Å². The highest BCUT2D eigenvalue weighted by molar-refractivity contribution is 6.22. The van der Waals surface area contributed by atoms with Crippen LogP contribution >= 0.6 is 0 Å². The molecule has 2 aliphatic heterocycles. The Balaban J connectivity index is 1.75. The first-order chi connectivity index (χ1) is 12.1. The van der Waals surface area contributed by atoms with Gasteiger partial charge in [-0.25, -0.2) is 9.69 Å². The maximum atomic E-state index is 12.9. The van der Waals surface area contributed by atoms with Crippen LogP contribution in [0, 0.1) is 0 Å². The fourth-order valence-electron chi connectivity index (χ4n) is 3.62. The highest BCUT2D eigenvalue weighted by Crippen LogP contribution is 2.27. The molecular weight excluding hydrogens is 320 g/mol. The van der Waals surface area contributed by atoms with Gasteiger partial charge in [0.2, 0.25) is 5.91 Å². The van der Waals surface area contributed by atoms with Gasteiger partial charge in [0.25, 0.3) is 5.91 Å². The number of carbonyl (C=O) groups excluding carboxylic acids is 3.